The molecule has 116 valence electrons. The van der Waals surface area contributed by atoms with Crippen molar-refractivity contribution in [1.29, 1.82) is 0 Å². The number of carbonyl (C=O) groups excluding carboxylic acids is 1. The number of nitrogens with one attached hydrogen (secondary N) is 2. The molecule has 1 amide bonds. The number of aryl methyl sites for hydroxylation is 2. The smallest absolute Gasteiger partial charge is 0.239 e. The Bertz CT molecular complexity index is 515. The lowest BCUT2D eigenvalue weighted by Crippen LogP contribution is -2.47. The highest BCUT2D eigenvalue weighted by Gasteiger charge is 2.16. The van der Waals surface area contributed by atoms with Gasteiger partial charge in [0.15, 0.2) is 5.11 Å². The van der Waals surface area contributed by atoms with Crippen LogP contribution in [-0.4, -0.2) is 35.1 Å². The summed E-state index contributed by atoms with van der Waals surface area (Å²) in [5, 5.41) is 6.62. The maximum absolute atomic E-state index is 11.9. The minimum absolute atomic E-state index is 0.0467. The molecule has 0 aliphatic carbocycles. The van der Waals surface area contributed by atoms with Crippen molar-refractivity contribution in [2.75, 3.05) is 18.9 Å². The zero-order valence-corrected chi connectivity index (χ0v) is 14.5. The van der Waals surface area contributed by atoms with Crippen LogP contribution in [-0.2, 0) is 4.79 Å². The van der Waals surface area contributed by atoms with Gasteiger partial charge in [-0.3, -0.25) is 4.79 Å². The van der Waals surface area contributed by atoms with E-state index in [4.69, 9.17) is 12.2 Å². The molecule has 0 atom stereocenters. The quantitative estimate of drug-likeness (QED) is 0.843. The van der Waals surface area contributed by atoms with Crippen molar-refractivity contribution in [2.45, 2.75) is 40.2 Å². The van der Waals surface area contributed by atoms with Gasteiger partial charge in [-0.05, 0) is 70.1 Å². The third-order valence-corrected chi connectivity index (χ3v) is 3.13. The van der Waals surface area contributed by atoms with Crippen molar-refractivity contribution in [1.82, 2.24) is 10.2 Å². The summed E-state index contributed by atoms with van der Waals surface area (Å²) in [6.07, 6.45) is 0. The summed E-state index contributed by atoms with van der Waals surface area (Å²) in [5.74, 6) is -0.0467. The summed E-state index contributed by atoms with van der Waals surface area (Å²) in [6, 6.07) is 6.17. The molecule has 0 aromatic heterocycles. The van der Waals surface area contributed by atoms with Crippen molar-refractivity contribution >= 4 is 28.9 Å². The number of carbonyl (C=O) groups is 1. The van der Waals surface area contributed by atoms with E-state index in [2.05, 4.69) is 16.7 Å². The van der Waals surface area contributed by atoms with Crippen LogP contribution < -0.4 is 10.6 Å². The van der Waals surface area contributed by atoms with E-state index in [0.29, 0.717) is 5.11 Å². The van der Waals surface area contributed by atoms with Gasteiger partial charge in [0.25, 0.3) is 0 Å². The first-order valence-corrected chi connectivity index (χ1v) is 7.39. The van der Waals surface area contributed by atoms with Crippen LogP contribution in [0.2, 0.25) is 0 Å². The van der Waals surface area contributed by atoms with Crippen LogP contribution in [0.25, 0.3) is 0 Å². The van der Waals surface area contributed by atoms with Gasteiger partial charge in [-0.1, -0.05) is 6.07 Å². The summed E-state index contributed by atoms with van der Waals surface area (Å²) in [4.78, 5) is 13.6. The first-order chi connectivity index (χ1) is 9.56. The van der Waals surface area contributed by atoms with Crippen LogP contribution in [0.1, 0.15) is 31.9 Å². The summed E-state index contributed by atoms with van der Waals surface area (Å²) >= 11 is 5.34. The average Bonchev–Trinajstić information content (AvgIpc) is 2.24. The fourth-order valence-electron chi connectivity index (χ4n) is 2.01. The largest absolute Gasteiger partial charge is 0.350 e. The van der Waals surface area contributed by atoms with Gasteiger partial charge in [-0.25, -0.2) is 0 Å². The van der Waals surface area contributed by atoms with Gasteiger partial charge >= 0.3 is 0 Å². The van der Waals surface area contributed by atoms with E-state index < -0.39 is 0 Å². The van der Waals surface area contributed by atoms with E-state index in [1.165, 1.54) is 11.1 Å². The van der Waals surface area contributed by atoms with E-state index in [9.17, 15) is 4.79 Å². The number of amides is 1. The van der Waals surface area contributed by atoms with Gasteiger partial charge in [0, 0.05) is 18.3 Å². The van der Waals surface area contributed by atoms with Crippen molar-refractivity contribution < 1.29 is 4.79 Å². The van der Waals surface area contributed by atoms with E-state index >= 15 is 0 Å². The Labute approximate surface area is 132 Å². The molecule has 1 rings (SSSR count). The number of nitrogens with zero attached hydrogens (tertiary/aromatic N) is 1. The minimum atomic E-state index is -0.235. The Hall–Kier alpha value is -1.62. The first kappa shape index (κ1) is 17.4. The zero-order chi connectivity index (χ0) is 16.2. The third kappa shape index (κ3) is 6.58. The molecular formula is C16H25N3OS. The second-order valence-corrected chi connectivity index (χ2v) is 6.85. The maximum atomic E-state index is 11.9. The lowest BCUT2D eigenvalue weighted by Gasteiger charge is -2.25. The van der Waals surface area contributed by atoms with Gasteiger partial charge < -0.3 is 15.5 Å². The van der Waals surface area contributed by atoms with Crippen LogP contribution in [0.4, 0.5) is 5.69 Å². The second-order valence-electron chi connectivity index (χ2n) is 6.46. The molecule has 0 aliphatic heterocycles. The highest BCUT2D eigenvalue weighted by Crippen LogP contribution is 2.14. The molecule has 0 saturated heterocycles. The van der Waals surface area contributed by atoms with Crippen LogP contribution in [0.3, 0.4) is 0 Å². The molecule has 5 heteroatoms. The number of thiocarbonyl (C=S) groups is 1. The van der Waals surface area contributed by atoms with E-state index in [0.717, 1.165) is 5.69 Å². The molecule has 1 aromatic rings. The van der Waals surface area contributed by atoms with Gasteiger partial charge in [0.2, 0.25) is 5.91 Å². The predicted molar refractivity (Wildman–Crippen MR) is 92.7 cm³/mol. The zero-order valence-electron chi connectivity index (χ0n) is 13.7. The van der Waals surface area contributed by atoms with E-state index in [-0.39, 0.29) is 18.0 Å². The summed E-state index contributed by atoms with van der Waals surface area (Å²) < 4.78 is 0. The fraction of sp³-hybridized carbons (Fsp3) is 0.500. The Balaban J connectivity index is 2.60. The summed E-state index contributed by atoms with van der Waals surface area (Å²) in [5.41, 5.74) is 3.06. The van der Waals surface area contributed by atoms with Gasteiger partial charge in [0.05, 0.1) is 6.54 Å². The highest BCUT2D eigenvalue weighted by molar-refractivity contribution is 7.80. The number of likely N-dealkylation sites (N-methyl/N-ethyl adjacent to an activating group) is 1. The topological polar surface area (TPSA) is 44.4 Å². The Morgan fingerprint density at radius 1 is 1.19 bits per heavy atom. The maximum Gasteiger partial charge on any atom is 0.239 e. The third-order valence-electron chi connectivity index (χ3n) is 2.71. The molecule has 0 heterocycles. The summed E-state index contributed by atoms with van der Waals surface area (Å²) in [6.45, 7) is 10.2. The second kappa shape index (κ2) is 6.89. The Morgan fingerprint density at radius 2 is 1.71 bits per heavy atom. The molecule has 0 spiro atoms. The SMILES string of the molecule is Cc1cc(C)cc(NC(=S)N(C)CC(=O)NC(C)(C)C)c1. The Morgan fingerprint density at radius 3 is 2.19 bits per heavy atom. The van der Waals surface area contributed by atoms with Crippen LogP contribution in [0.5, 0.6) is 0 Å². The van der Waals surface area contributed by atoms with Gasteiger partial charge in [0.1, 0.15) is 0 Å². The minimum Gasteiger partial charge on any atom is -0.350 e. The number of hydrogen-bond donors (Lipinski definition) is 2. The lowest BCUT2D eigenvalue weighted by molar-refractivity contribution is -0.122. The molecular weight excluding hydrogens is 282 g/mol. The molecule has 2 N–H and O–H groups in total. The standard InChI is InChI=1S/C16H25N3OS/c1-11-7-12(2)9-13(8-11)17-15(21)19(6)10-14(20)18-16(3,4)5/h7-9H,10H2,1-6H3,(H,17,21)(H,18,20). The molecule has 0 radical (unpaired) electrons. The molecule has 0 bridgehead atoms. The number of rotatable bonds is 3. The molecule has 0 unspecified atom stereocenters. The molecule has 4 nitrogen and oxygen atoms in total. The molecule has 0 saturated carbocycles. The van der Waals surface area contributed by atoms with Crippen LogP contribution in [0, 0.1) is 13.8 Å². The number of anilines is 1. The van der Waals surface area contributed by atoms with Gasteiger partial charge in [-0.15, -0.1) is 0 Å². The molecule has 21 heavy (non-hydrogen) atoms. The van der Waals surface area contributed by atoms with Crippen molar-refractivity contribution in [2.24, 2.45) is 0 Å². The highest BCUT2D eigenvalue weighted by atomic mass is 32.1. The molecule has 0 aliphatic rings. The lowest BCUT2D eigenvalue weighted by atomic mass is 10.1. The van der Waals surface area contributed by atoms with Crippen molar-refractivity contribution in [3.63, 3.8) is 0 Å². The normalized spacial score (nSPS) is 11.0. The predicted octanol–water partition coefficient (Wildman–Crippen LogP) is 2.85. The van der Waals surface area contributed by atoms with Crippen molar-refractivity contribution in [3.05, 3.63) is 29.3 Å². The van der Waals surface area contributed by atoms with Gasteiger partial charge in [-0.2, -0.15) is 0 Å². The monoisotopic (exact) mass is 307 g/mol. The molecule has 1 aromatic carbocycles. The van der Waals surface area contributed by atoms with Crippen LogP contribution >= 0.6 is 12.2 Å². The number of benzene rings is 1. The van der Waals surface area contributed by atoms with Crippen molar-refractivity contribution in [3.8, 4) is 0 Å². The van der Waals surface area contributed by atoms with E-state index in [1.807, 2.05) is 46.8 Å². The number of hydrogen-bond acceptors (Lipinski definition) is 2. The van der Waals surface area contributed by atoms with Crippen LogP contribution in [0.15, 0.2) is 18.2 Å². The Kier molecular flexibility index (Phi) is 5.72. The first-order valence-electron chi connectivity index (χ1n) is 6.98. The average molecular weight is 307 g/mol. The molecule has 0 fully saturated rings. The fourth-order valence-corrected chi connectivity index (χ4v) is 2.19. The summed E-state index contributed by atoms with van der Waals surface area (Å²) in [7, 11) is 1.81. The van der Waals surface area contributed by atoms with E-state index in [1.54, 1.807) is 11.9 Å².